The zero-order valence-electron chi connectivity index (χ0n) is 20.1. The molecule has 11 heteroatoms. The van der Waals surface area contributed by atoms with Crippen molar-refractivity contribution in [2.24, 2.45) is 0 Å². The minimum Gasteiger partial charge on any atom is -0.443 e. The van der Waals surface area contributed by atoms with Gasteiger partial charge < -0.3 is 19.5 Å². The van der Waals surface area contributed by atoms with Gasteiger partial charge in [0.05, 0.1) is 16.0 Å². The number of aromatic nitrogens is 3. The monoisotopic (exact) mass is 513 g/mol. The maximum atomic E-state index is 14.6. The molecule has 6 rings (SSSR count). The molecule has 3 aromatic rings. The Hall–Kier alpha value is -3.21. The second-order valence-electron chi connectivity index (χ2n) is 10.5. The molecule has 0 unspecified atom stereocenters. The van der Waals surface area contributed by atoms with Crippen LogP contribution in [0.3, 0.4) is 0 Å². The van der Waals surface area contributed by atoms with Gasteiger partial charge in [-0.3, -0.25) is 0 Å². The van der Waals surface area contributed by atoms with Gasteiger partial charge in [0.15, 0.2) is 9.84 Å². The highest BCUT2D eigenvalue weighted by Crippen LogP contribution is 2.45. The van der Waals surface area contributed by atoms with E-state index in [4.69, 9.17) is 4.74 Å². The molecule has 9 nitrogen and oxygen atoms in total. The van der Waals surface area contributed by atoms with Crippen molar-refractivity contribution in [1.29, 1.82) is 0 Å². The Morgan fingerprint density at radius 3 is 2.50 bits per heavy atom. The lowest BCUT2D eigenvalue weighted by Crippen LogP contribution is -2.48. The van der Waals surface area contributed by atoms with E-state index in [1.807, 2.05) is 24.1 Å². The summed E-state index contributed by atoms with van der Waals surface area (Å²) in [6.07, 6.45) is 9.70. The number of carbonyl (C=O) groups is 1. The van der Waals surface area contributed by atoms with Crippen molar-refractivity contribution >= 4 is 38.5 Å². The fourth-order valence-electron chi connectivity index (χ4n) is 5.54. The number of piperidine rings is 1. The van der Waals surface area contributed by atoms with Crippen LogP contribution in [-0.2, 0) is 14.6 Å². The van der Waals surface area contributed by atoms with Crippen LogP contribution in [0.1, 0.15) is 51.5 Å². The molecule has 1 aliphatic carbocycles. The first kappa shape index (κ1) is 23.2. The number of rotatable bonds is 5. The second-order valence-corrected chi connectivity index (χ2v) is 12.5. The zero-order valence-corrected chi connectivity index (χ0v) is 21.0. The third-order valence-corrected chi connectivity index (χ3v) is 8.84. The van der Waals surface area contributed by atoms with Gasteiger partial charge in [0.1, 0.15) is 29.2 Å². The minimum atomic E-state index is -3.51. The molecule has 3 fully saturated rings. The van der Waals surface area contributed by atoms with Crippen LogP contribution in [0.15, 0.2) is 41.7 Å². The second kappa shape index (κ2) is 8.16. The number of hydrogen-bond donors (Lipinski definition) is 1. The number of halogens is 1. The minimum absolute atomic E-state index is 0.0828. The molecule has 36 heavy (non-hydrogen) atoms. The average molecular weight is 514 g/mol. The van der Waals surface area contributed by atoms with Gasteiger partial charge in [0.2, 0.25) is 0 Å². The van der Waals surface area contributed by atoms with Gasteiger partial charge in [-0.2, -0.15) is 0 Å². The van der Waals surface area contributed by atoms with Gasteiger partial charge in [0, 0.05) is 30.6 Å². The molecule has 0 spiro atoms. The molecule has 190 valence electrons. The summed E-state index contributed by atoms with van der Waals surface area (Å²) >= 11 is 0. The summed E-state index contributed by atoms with van der Waals surface area (Å²) in [7, 11) is -3.51. The van der Waals surface area contributed by atoms with Crippen molar-refractivity contribution in [3.63, 3.8) is 0 Å². The van der Waals surface area contributed by atoms with Crippen LogP contribution < -0.4 is 5.32 Å². The van der Waals surface area contributed by atoms with E-state index in [1.165, 1.54) is 18.5 Å². The van der Waals surface area contributed by atoms with Gasteiger partial charge in [-0.15, -0.1) is 0 Å². The first-order valence-electron chi connectivity index (χ1n) is 12.2. The summed E-state index contributed by atoms with van der Waals surface area (Å²) in [5.74, 6) is -0.244. The zero-order chi connectivity index (χ0) is 25.2. The van der Waals surface area contributed by atoms with E-state index in [-0.39, 0.29) is 40.4 Å². The van der Waals surface area contributed by atoms with E-state index in [9.17, 15) is 17.6 Å². The number of benzene rings is 1. The number of anilines is 2. The Morgan fingerprint density at radius 1 is 1.14 bits per heavy atom. The number of nitrogens with one attached hydrogen (secondary N) is 1. The number of nitrogens with zero attached hydrogens (tertiary/aromatic N) is 4. The van der Waals surface area contributed by atoms with Crippen molar-refractivity contribution in [3.05, 3.63) is 42.6 Å². The molecule has 2 saturated heterocycles. The predicted molar refractivity (Wildman–Crippen MR) is 131 cm³/mol. The highest BCUT2D eigenvalue weighted by atomic mass is 32.2. The van der Waals surface area contributed by atoms with E-state index in [2.05, 4.69) is 19.9 Å². The molecule has 2 bridgehead atoms. The van der Waals surface area contributed by atoms with Crippen molar-refractivity contribution in [2.45, 2.75) is 74.1 Å². The third kappa shape index (κ3) is 4.08. The summed E-state index contributed by atoms with van der Waals surface area (Å²) < 4.78 is 46.0. The standard InChI is InChI=1S/C25H28FN5O4S/c1-25(8-9-25)35-24(32)31-15-3-4-16(31)12-17(11-15)30-10-7-19-22(27-14-28-23(19)30)29-21-6-5-18(13-20(21)26)36(2,33)34/h5-7,10,13-17H,3-4,8-9,11-12H2,1-2H3,(H,27,28,29)/t15-,16-/m0/s1. The van der Waals surface area contributed by atoms with Crippen LogP contribution >= 0.6 is 0 Å². The SMILES string of the molecule is CC1(OC(=O)N2[C@H]3CC[C@H]2CC(n2ccc4c(Nc5ccc(S(C)(=O)=O)cc5F)ncnc42)C3)CC1. The van der Waals surface area contributed by atoms with Crippen molar-refractivity contribution in [3.8, 4) is 0 Å². The maximum Gasteiger partial charge on any atom is 0.410 e. The van der Waals surface area contributed by atoms with E-state index >= 15 is 0 Å². The molecule has 1 amide bonds. The fourth-order valence-corrected chi connectivity index (χ4v) is 6.17. The number of fused-ring (bicyclic) bond motifs is 3. The van der Waals surface area contributed by atoms with Crippen molar-refractivity contribution in [2.75, 3.05) is 11.6 Å². The molecular weight excluding hydrogens is 485 g/mol. The number of amides is 1. The number of ether oxygens (including phenoxy) is 1. The molecule has 2 atom stereocenters. The highest BCUT2D eigenvalue weighted by Gasteiger charge is 2.48. The molecule has 2 aliphatic heterocycles. The smallest absolute Gasteiger partial charge is 0.410 e. The molecular formula is C25H28FN5O4S. The lowest BCUT2D eigenvalue weighted by atomic mass is 9.97. The number of hydrogen-bond acceptors (Lipinski definition) is 7. The van der Waals surface area contributed by atoms with Crippen LogP contribution in [0.5, 0.6) is 0 Å². The summed E-state index contributed by atoms with van der Waals surface area (Å²) in [4.78, 5) is 23.5. The van der Waals surface area contributed by atoms with E-state index in [0.29, 0.717) is 5.82 Å². The maximum absolute atomic E-state index is 14.6. The summed E-state index contributed by atoms with van der Waals surface area (Å²) in [6, 6.07) is 6.12. The lowest BCUT2D eigenvalue weighted by Gasteiger charge is -2.39. The molecule has 1 saturated carbocycles. The quantitative estimate of drug-likeness (QED) is 0.532. The average Bonchev–Trinajstić information content (AvgIpc) is 3.27. The van der Waals surface area contributed by atoms with Crippen LogP contribution in [0.4, 0.5) is 20.7 Å². The summed E-state index contributed by atoms with van der Waals surface area (Å²) in [5, 5.41) is 3.72. The third-order valence-electron chi connectivity index (χ3n) is 7.73. The molecule has 1 aromatic carbocycles. The Morgan fingerprint density at radius 2 is 1.86 bits per heavy atom. The van der Waals surface area contributed by atoms with Gasteiger partial charge in [0.25, 0.3) is 0 Å². The molecule has 0 radical (unpaired) electrons. The van der Waals surface area contributed by atoms with Crippen LogP contribution in [0, 0.1) is 5.82 Å². The van der Waals surface area contributed by atoms with Gasteiger partial charge in [-0.1, -0.05) is 0 Å². The summed E-state index contributed by atoms with van der Waals surface area (Å²) in [6.45, 7) is 1.99. The van der Waals surface area contributed by atoms with E-state index in [0.717, 1.165) is 61.9 Å². The topological polar surface area (TPSA) is 106 Å². The largest absolute Gasteiger partial charge is 0.443 e. The highest BCUT2D eigenvalue weighted by molar-refractivity contribution is 7.90. The lowest BCUT2D eigenvalue weighted by molar-refractivity contribution is 0.0285. The van der Waals surface area contributed by atoms with Crippen LogP contribution in [-0.4, -0.2) is 57.9 Å². The number of sulfone groups is 1. The molecule has 4 heterocycles. The first-order chi connectivity index (χ1) is 17.1. The first-order valence-corrected chi connectivity index (χ1v) is 14.1. The van der Waals surface area contributed by atoms with Crippen LogP contribution in [0.2, 0.25) is 0 Å². The van der Waals surface area contributed by atoms with Crippen molar-refractivity contribution < 1.29 is 22.3 Å². The van der Waals surface area contributed by atoms with Gasteiger partial charge in [-0.25, -0.2) is 27.6 Å². The summed E-state index contributed by atoms with van der Waals surface area (Å²) in [5.41, 5.74) is 0.575. The molecule has 1 N–H and O–H groups in total. The molecule has 3 aliphatic rings. The van der Waals surface area contributed by atoms with E-state index < -0.39 is 15.7 Å². The van der Waals surface area contributed by atoms with E-state index in [1.54, 1.807) is 0 Å². The van der Waals surface area contributed by atoms with Gasteiger partial charge in [-0.05, 0) is 69.7 Å². The van der Waals surface area contributed by atoms with Gasteiger partial charge >= 0.3 is 6.09 Å². The normalized spacial score (nSPS) is 24.6. The molecule has 2 aromatic heterocycles. The fraction of sp³-hybridized carbons (Fsp3) is 0.480. The van der Waals surface area contributed by atoms with Crippen molar-refractivity contribution in [1.82, 2.24) is 19.4 Å². The predicted octanol–water partition coefficient (Wildman–Crippen LogP) is 4.57. The Kier molecular flexibility index (Phi) is 5.26. The Labute approximate surface area is 208 Å². The number of carbonyl (C=O) groups excluding carboxylic acids is 1. The Bertz CT molecular complexity index is 1450. The Balaban J connectivity index is 1.23. The van der Waals surface area contributed by atoms with Crippen LogP contribution in [0.25, 0.3) is 11.0 Å².